The SMILES string of the molecule is C=C[C@H]1CCCC[C@@H]1C=C. The molecule has 0 aromatic heterocycles. The molecule has 2 atom stereocenters. The molecule has 0 unspecified atom stereocenters. The molecule has 0 aromatic carbocycles. The molecule has 0 spiro atoms. The summed E-state index contributed by atoms with van der Waals surface area (Å²) < 4.78 is 0. The maximum absolute atomic E-state index is 3.83. The molecule has 1 aliphatic carbocycles. The van der Waals surface area contributed by atoms with Gasteiger partial charge in [-0.1, -0.05) is 25.0 Å². The Morgan fingerprint density at radius 1 is 0.900 bits per heavy atom. The van der Waals surface area contributed by atoms with E-state index in [2.05, 4.69) is 25.3 Å². The van der Waals surface area contributed by atoms with Gasteiger partial charge in [0.2, 0.25) is 0 Å². The lowest BCUT2D eigenvalue weighted by molar-refractivity contribution is 0.338. The van der Waals surface area contributed by atoms with Crippen molar-refractivity contribution >= 4 is 0 Å². The molecule has 0 heterocycles. The topological polar surface area (TPSA) is 0 Å². The van der Waals surface area contributed by atoms with Crippen molar-refractivity contribution in [2.24, 2.45) is 11.8 Å². The Balaban J connectivity index is 2.49. The number of allylic oxidation sites excluding steroid dienone is 2. The zero-order valence-corrected chi connectivity index (χ0v) is 6.55. The molecule has 1 fully saturated rings. The standard InChI is InChI=1S/C10H16/c1-3-9-7-5-6-8-10(9)4-2/h3-4,9-10H,1-2,5-8H2/t9-,10-/m0/s1. The van der Waals surface area contributed by atoms with Crippen molar-refractivity contribution in [3.63, 3.8) is 0 Å². The molecule has 0 bridgehead atoms. The minimum Gasteiger partial charge on any atom is -0.103 e. The summed E-state index contributed by atoms with van der Waals surface area (Å²) >= 11 is 0. The largest absolute Gasteiger partial charge is 0.103 e. The van der Waals surface area contributed by atoms with Crippen LogP contribution < -0.4 is 0 Å². The van der Waals surface area contributed by atoms with Crippen LogP contribution in [-0.4, -0.2) is 0 Å². The highest BCUT2D eigenvalue weighted by molar-refractivity contribution is 4.94. The molecule has 1 saturated carbocycles. The predicted molar refractivity (Wildman–Crippen MR) is 45.8 cm³/mol. The van der Waals surface area contributed by atoms with E-state index in [1.165, 1.54) is 25.7 Å². The number of hydrogen-bond donors (Lipinski definition) is 0. The second kappa shape index (κ2) is 3.60. The summed E-state index contributed by atoms with van der Waals surface area (Å²) in [4.78, 5) is 0. The van der Waals surface area contributed by atoms with Gasteiger partial charge >= 0.3 is 0 Å². The van der Waals surface area contributed by atoms with E-state index in [0.29, 0.717) is 11.8 Å². The first-order chi connectivity index (χ1) is 4.88. The molecular formula is C10H16. The molecule has 0 aromatic rings. The van der Waals surface area contributed by atoms with Gasteiger partial charge in [-0.15, -0.1) is 13.2 Å². The van der Waals surface area contributed by atoms with Crippen molar-refractivity contribution in [1.82, 2.24) is 0 Å². The van der Waals surface area contributed by atoms with Gasteiger partial charge in [-0.05, 0) is 24.7 Å². The van der Waals surface area contributed by atoms with E-state index in [-0.39, 0.29) is 0 Å². The molecule has 0 nitrogen and oxygen atoms in total. The van der Waals surface area contributed by atoms with E-state index < -0.39 is 0 Å². The van der Waals surface area contributed by atoms with Crippen molar-refractivity contribution in [1.29, 1.82) is 0 Å². The van der Waals surface area contributed by atoms with Crippen LogP contribution in [0.15, 0.2) is 25.3 Å². The Labute approximate surface area is 63.6 Å². The summed E-state index contributed by atoms with van der Waals surface area (Å²) in [5.74, 6) is 1.43. The highest BCUT2D eigenvalue weighted by Gasteiger charge is 2.18. The van der Waals surface area contributed by atoms with E-state index in [1.54, 1.807) is 0 Å². The van der Waals surface area contributed by atoms with Gasteiger partial charge in [0.15, 0.2) is 0 Å². The summed E-state index contributed by atoms with van der Waals surface area (Å²) in [6.45, 7) is 7.67. The van der Waals surface area contributed by atoms with Crippen LogP contribution in [0.3, 0.4) is 0 Å². The van der Waals surface area contributed by atoms with Crippen LogP contribution in [0.25, 0.3) is 0 Å². The quantitative estimate of drug-likeness (QED) is 0.511. The molecule has 1 rings (SSSR count). The second-order valence-corrected chi connectivity index (χ2v) is 3.08. The summed E-state index contributed by atoms with van der Waals surface area (Å²) in [6, 6.07) is 0. The Kier molecular flexibility index (Phi) is 2.73. The zero-order valence-electron chi connectivity index (χ0n) is 6.55. The zero-order chi connectivity index (χ0) is 7.40. The average molecular weight is 136 g/mol. The predicted octanol–water partition coefficient (Wildman–Crippen LogP) is 3.16. The highest BCUT2D eigenvalue weighted by Crippen LogP contribution is 2.30. The summed E-state index contributed by atoms with van der Waals surface area (Å²) in [7, 11) is 0. The Morgan fingerprint density at radius 3 is 1.60 bits per heavy atom. The number of rotatable bonds is 2. The highest BCUT2D eigenvalue weighted by atomic mass is 14.2. The van der Waals surface area contributed by atoms with Gasteiger partial charge in [-0.2, -0.15) is 0 Å². The first-order valence-electron chi connectivity index (χ1n) is 4.13. The summed E-state index contributed by atoms with van der Waals surface area (Å²) in [5.41, 5.74) is 0. The van der Waals surface area contributed by atoms with Crippen molar-refractivity contribution in [3.8, 4) is 0 Å². The molecule has 1 aliphatic rings. The van der Waals surface area contributed by atoms with Crippen molar-refractivity contribution in [3.05, 3.63) is 25.3 Å². The van der Waals surface area contributed by atoms with E-state index in [9.17, 15) is 0 Å². The van der Waals surface area contributed by atoms with E-state index >= 15 is 0 Å². The van der Waals surface area contributed by atoms with Crippen LogP contribution in [0.4, 0.5) is 0 Å². The molecule has 0 radical (unpaired) electrons. The van der Waals surface area contributed by atoms with Crippen molar-refractivity contribution < 1.29 is 0 Å². The van der Waals surface area contributed by atoms with Gasteiger partial charge in [0.25, 0.3) is 0 Å². The molecule has 10 heavy (non-hydrogen) atoms. The fourth-order valence-corrected chi connectivity index (χ4v) is 1.77. The minimum atomic E-state index is 0.714. The smallest absolute Gasteiger partial charge is 0.0173 e. The molecule has 0 aliphatic heterocycles. The summed E-state index contributed by atoms with van der Waals surface area (Å²) in [6.07, 6.45) is 9.57. The molecule has 0 heteroatoms. The Morgan fingerprint density at radius 2 is 1.30 bits per heavy atom. The first kappa shape index (κ1) is 7.59. The maximum Gasteiger partial charge on any atom is -0.0173 e. The van der Waals surface area contributed by atoms with Crippen molar-refractivity contribution in [2.75, 3.05) is 0 Å². The van der Waals surface area contributed by atoms with Crippen LogP contribution in [-0.2, 0) is 0 Å². The van der Waals surface area contributed by atoms with Crippen LogP contribution >= 0.6 is 0 Å². The third-order valence-corrected chi connectivity index (χ3v) is 2.48. The lowest BCUT2D eigenvalue weighted by atomic mass is 9.79. The van der Waals surface area contributed by atoms with Crippen molar-refractivity contribution in [2.45, 2.75) is 25.7 Å². The van der Waals surface area contributed by atoms with Gasteiger partial charge in [0, 0.05) is 0 Å². The average Bonchev–Trinajstić information content (AvgIpc) is 2.04. The Hall–Kier alpha value is -0.520. The van der Waals surface area contributed by atoms with Gasteiger partial charge in [-0.25, -0.2) is 0 Å². The molecule has 0 amide bonds. The third kappa shape index (κ3) is 1.50. The van der Waals surface area contributed by atoms with E-state index in [4.69, 9.17) is 0 Å². The monoisotopic (exact) mass is 136 g/mol. The van der Waals surface area contributed by atoms with Gasteiger partial charge in [0.05, 0.1) is 0 Å². The second-order valence-electron chi connectivity index (χ2n) is 3.08. The van der Waals surface area contributed by atoms with Crippen LogP contribution in [0.5, 0.6) is 0 Å². The maximum atomic E-state index is 3.83. The molecule has 0 saturated heterocycles. The molecule has 0 N–H and O–H groups in total. The van der Waals surface area contributed by atoms with Gasteiger partial charge in [-0.3, -0.25) is 0 Å². The van der Waals surface area contributed by atoms with E-state index in [0.717, 1.165) is 0 Å². The fourth-order valence-electron chi connectivity index (χ4n) is 1.77. The normalized spacial score (nSPS) is 33.2. The fraction of sp³-hybridized carbons (Fsp3) is 0.600. The van der Waals surface area contributed by atoms with Crippen LogP contribution in [0.1, 0.15) is 25.7 Å². The third-order valence-electron chi connectivity index (χ3n) is 2.48. The lowest BCUT2D eigenvalue weighted by Crippen LogP contribution is -2.14. The lowest BCUT2D eigenvalue weighted by Gasteiger charge is -2.26. The first-order valence-corrected chi connectivity index (χ1v) is 4.13. The van der Waals surface area contributed by atoms with Gasteiger partial charge in [0.1, 0.15) is 0 Å². The molecule has 56 valence electrons. The van der Waals surface area contributed by atoms with Gasteiger partial charge < -0.3 is 0 Å². The Bertz CT molecular complexity index is 108. The molecular weight excluding hydrogens is 120 g/mol. The number of hydrogen-bond acceptors (Lipinski definition) is 0. The minimum absolute atomic E-state index is 0.714. The summed E-state index contributed by atoms with van der Waals surface area (Å²) in [5, 5.41) is 0. The van der Waals surface area contributed by atoms with Crippen LogP contribution in [0, 0.1) is 11.8 Å². The van der Waals surface area contributed by atoms with E-state index in [1.807, 2.05) is 0 Å². The van der Waals surface area contributed by atoms with Crippen LogP contribution in [0.2, 0.25) is 0 Å².